The Kier molecular flexibility index (Phi) is 5.33. The molecule has 1 aromatic carbocycles. The average molecular weight is 292 g/mol. The number of carbonyl (C=O) groups excluding carboxylic acids is 1. The van der Waals surface area contributed by atoms with Gasteiger partial charge in [-0.05, 0) is 26.6 Å². The molecule has 1 N–H and O–H groups in total. The number of ether oxygens (including phenoxy) is 2. The first-order valence-corrected chi connectivity index (χ1v) is 7.29. The first-order valence-electron chi connectivity index (χ1n) is 7.29. The predicted molar refractivity (Wildman–Crippen MR) is 80.8 cm³/mol. The number of hydrogen-bond acceptors (Lipinski definition) is 4. The topological polar surface area (TPSA) is 50.8 Å². The van der Waals surface area contributed by atoms with Crippen LogP contribution in [0.25, 0.3) is 0 Å². The summed E-state index contributed by atoms with van der Waals surface area (Å²) in [4.78, 5) is 14.3. The lowest BCUT2D eigenvalue weighted by Crippen LogP contribution is -2.39. The van der Waals surface area contributed by atoms with Gasteiger partial charge in [0.05, 0.1) is 13.2 Å². The molecule has 0 aliphatic carbocycles. The number of benzene rings is 1. The lowest BCUT2D eigenvalue weighted by molar-refractivity contribution is -0.147. The standard InChI is InChI=1S/C16H24N2O3/c1-16(20-11-12-21-16)9-10-17-15(19)14(18(2)3)13-7-5-4-6-8-13/h4-8,14H,9-12H2,1-3H3,(H,17,19). The molecular formula is C16H24N2O3. The number of amides is 1. The fourth-order valence-electron chi connectivity index (χ4n) is 2.53. The van der Waals surface area contributed by atoms with Crippen LogP contribution in [0.3, 0.4) is 0 Å². The van der Waals surface area contributed by atoms with E-state index in [1.165, 1.54) is 0 Å². The van der Waals surface area contributed by atoms with Gasteiger partial charge in [-0.1, -0.05) is 30.3 Å². The Bertz CT molecular complexity index is 456. The largest absolute Gasteiger partial charge is 0.354 e. The molecular weight excluding hydrogens is 268 g/mol. The first kappa shape index (κ1) is 15.9. The van der Waals surface area contributed by atoms with E-state index in [0.29, 0.717) is 26.2 Å². The smallest absolute Gasteiger partial charge is 0.241 e. The predicted octanol–water partition coefficient (Wildman–Crippen LogP) is 1.56. The van der Waals surface area contributed by atoms with Gasteiger partial charge in [-0.2, -0.15) is 0 Å². The van der Waals surface area contributed by atoms with Crippen molar-refractivity contribution in [2.45, 2.75) is 25.2 Å². The first-order chi connectivity index (χ1) is 10.0. The number of carbonyl (C=O) groups is 1. The molecule has 0 radical (unpaired) electrons. The summed E-state index contributed by atoms with van der Waals surface area (Å²) >= 11 is 0. The fourth-order valence-corrected chi connectivity index (χ4v) is 2.53. The van der Waals surface area contributed by atoms with Crippen molar-refractivity contribution in [3.63, 3.8) is 0 Å². The molecule has 0 saturated carbocycles. The van der Waals surface area contributed by atoms with E-state index in [0.717, 1.165) is 5.56 Å². The molecule has 1 unspecified atom stereocenters. The second-order valence-corrected chi connectivity index (χ2v) is 5.65. The lowest BCUT2D eigenvalue weighted by atomic mass is 10.1. The Hall–Kier alpha value is -1.43. The van der Waals surface area contributed by atoms with Gasteiger partial charge in [-0.25, -0.2) is 0 Å². The van der Waals surface area contributed by atoms with E-state index < -0.39 is 5.79 Å². The van der Waals surface area contributed by atoms with Gasteiger partial charge >= 0.3 is 0 Å². The fraction of sp³-hybridized carbons (Fsp3) is 0.562. The van der Waals surface area contributed by atoms with Crippen LogP contribution in [-0.2, 0) is 14.3 Å². The second-order valence-electron chi connectivity index (χ2n) is 5.65. The molecule has 5 nitrogen and oxygen atoms in total. The van der Waals surface area contributed by atoms with E-state index in [1.54, 1.807) is 0 Å². The molecule has 1 heterocycles. The maximum atomic E-state index is 12.4. The summed E-state index contributed by atoms with van der Waals surface area (Å²) in [6.07, 6.45) is 0.647. The van der Waals surface area contributed by atoms with Crippen LogP contribution in [-0.4, -0.2) is 50.4 Å². The maximum absolute atomic E-state index is 12.4. The molecule has 1 aromatic rings. The molecule has 21 heavy (non-hydrogen) atoms. The number of nitrogens with zero attached hydrogens (tertiary/aromatic N) is 1. The van der Waals surface area contributed by atoms with Crippen molar-refractivity contribution in [1.29, 1.82) is 0 Å². The summed E-state index contributed by atoms with van der Waals surface area (Å²) in [5.74, 6) is -0.569. The third-order valence-electron chi connectivity index (χ3n) is 3.66. The minimum absolute atomic E-state index is 0.00667. The van der Waals surface area contributed by atoms with Gasteiger partial charge in [0.25, 0.3) is 0 Å². The summed E-state index contributed by atoms with van der Waals surface area (Å²) < 4.78 is 11.1. The van der Waals surface area contributed by atoms with E-state index in [-0.39, 0.29) is 11.9 Å². The van der Waals surface area contributed by atoms with E-state index in [1.807, 2.05) is 56.3 Å². The molecule has 1 aliphatic heterocycles. The highest BCUT2D eigenvalue weighted by Gasteiger charge is 2.31. The van der Waals surface area contributed by atoms with Gasteiger partial charge in [0.15, 0.2) is 5.79 Å². The maximum Gasteiger partial charge on any atom is 0.241 e. The van der Waals surface area contributed by atoms with Gasteiger partial charge < -0.3 is 14.8 Å². The summed E-state index contributed by atoms with van der Waals surface area (Å²) in [5, 5.41) is 2.97. The zero-order valence-corrected chi connectivity index (χ0v) is 13.0. The van der Waals surface area contributed by atoms with Gasteiger partial charge in [-0.15, -0.1) is 0 Å². The van der Waals surface area contributed by atoms with Gasteiger partial charge in [0.1, 0.15) is 6.04 Å². The van der Waals surface area contributed by atoms with Crippen LogP contribution >= 0.6 is 0 Å². The SMILES string of the molecule is CN(C)C(C(=O)NCCC1(C)OCCO1)c1ccccc1. The Morgan fingerprint density at radius 2 is 1.90 bits per heavy atom. The summed E-state index contributed by atoms with van der Waals surface area (Å²) in [5.41, 5.74) is 0.986. The molecule has 1 atom stereocenters. The number of likely N-dealkylation sites (N-methyl/N-ethyl adjacent to an activating group) is 1. The molecule has 1 aliphatic rings. The van der Waals surface area contributed by atoms with Crippen molar-refractivity contribution in [3.05, 3.63) is 35.9 Å². The quantitative estimate of drug-likeness (QED) is 0.864. The van der Waals surface area contributed by atoms with Crippen molar-refractivity contribution in [2.75, 3.05) is 33.9 Å². The van der Waals surface area contributed by atoms with Gasteiger partial charge in [0, 0.05) is 13.0 Å². The van der Waals surface area contributed by atoms with Crippen molar-refractivity contribution in [1.82, 2.24) is 10.2 Å². The van der Waals surface area contributed by atoms with Crippen LogP contribution in [0.2, 0.25) is 0 Å². The Morgan fingerprint density at radius 1 is 1.29 bits per heavy atom. The molecule has 0 aromatic heterocycles. The normalized spacial score (nSPS) is 18.7. The van der Waals surface area contributed by atoms with E-state index in [9.17, 15) is 4.79 Å². The van der Waals surface area contributed by atoms with Crippen LogP contribution < -0.4 is 5.32 Å². The van der Waals surface area contributed by atoms with E-state index >= 15 is 0 Å². The summed E-state index contributed by atoms with van der Waals surface area (Å²) in [6, 6.07) is 9.48. The number of rotatable bonds is 6. The van der Waals surface area contributed by atoms with Gasteiger partial charge in [-0.3, -0.25) is 9.69 Å². The number of nitrogens with one attached hydrogen (secondary N) is 1. The third kappa shape index (κ3) is 4.27. The second kappa shape index (κ2) is 7.02. The van der Waals surface area contributed by atoms with Crippen LogP contribution in [0, 0.1) is 0 Å². The van der Waals surface area contributed by atoms with Crippen LogP contribution in [0.4, 0.5) is 0 Å². The molecule has 1 fully saturated rings. The van der Waals surface area contributed by atoms with Crippen molar-refractivity contribution in [3.8, 4) is 0 Å². The molecule has 0 spiro atoms. The van der Waals surface area contributed by atoms with Crippen LogP contribution in [0.5, 0.6) is 0 Å². The van der Waals surface area contributed by atoms with E-state index in [4.69, 9.17) is 9.47 Å². The van der Waals surface area contributed by atoms with Crippen molar-refractivity contribution < 1.29 is 14.3 Å². The third-order valence-corrected chi connectivity index (χ3v) is 3.66. The zero-order valence-electron chi connectivity index (χ0n) is 13.0. The molecule has 2 rings (SSSR count). The molecule has 116 valence electrons. The van der Waals surface area contributed by atoms with Crippen molar-refractivity contribution >= 4 is 5.91 Å². The minimum Gasteiger partial charge on any atom is -0.354 e. The highest BCUT2D eigenvalue weighted by Crippen LogP contribution is 2.22. The highest BCUT2D eigenvalue weighted by atomic mass is 16.7. The average Bonchev–Trinajstić information content (AvgIpc) is 2.86. The Labute approximate surface area is 126 Å². The highest BCUT2D eigenvalue weighted by molar-refractivity contribution is 5.83. The molecule has 1 saturated heterocycles. The molecule has 5 heteroatoms. The molecule has 0 bridgehead atoms. The lowest BCUT2D eigenvalue weighted by Gasteiger charge is -2.26. The zero-order chi connectivity index (χ0) is 15.3. The summed E-state index contributed by atoms with van der Waals surface area (Å²) in [7, 11) is 3.81. The van der Waals surface area contributed by atoms with Crippen LogP contribution in [0.1, 0.15) is 24.9 Å². The molecule has 1 amide bonds. The number of hydrogen-bond donors (Lipinski definition) is 1. The Balaban J connectivity index is 1.90. The minimum atomic E-state index is -0.562. The van der Waals surface area contributed by atoms with Gasteiger partial charge in [0.2, 0.25) is 5.91 Å². The summed E-state index contributed by atoms with van der Waals surface area (Å²) in [6.45, 7) is 3.68. The van der Waals surface area contributed by atoms with Crippen molar-refractivity contribution in [2.24, 2.45) is 0 Å². The van der Waals surface area contributed by atoms with E-state index in [2.05, 4.69) is 5.32 Å². The monoisotopic (exact) mass is 292 g/mol. The van der Waals surface area contributed by atoms with Crippen LogP contribution in [0.15, 0.2) is 30.3 Å². The Morgan fingerprint density at radius 3 is 2.48 bits per heavy atom.